The van der Waals surface area contributed by atoms with Crippen LogP contribution in [0.2, 0.25) is 0 Å². The molecule has 0 bridgehead atoms. The number of carbonyl (C=O) groups excluding carboxylic acids is 1. The Morgan fingerprint density at radius 1 is 1.27 bits per heavy atom. The molecule has 0 aliphatic carbocycles. The summed E-state index contributed by atoms with van der Waals surface area (Å²) in [7, 11) is 3.95. The van der Waals surface area contributed by atoms with E-state index >= 15 is 0 Å². The summed E-state index contributed by atoms with van der Waals surface area (Å²) in [6, 6.07) is 12.1. The van der Waals surface area contributed by atoms with Crippen molar-refractivity contribution in [2.45, 2.75) is 18.9 Å². The summed E-state index contributed by atoms with van der Waals surface area (Å²) < 4.78 is 6.30. The maximum atomic E-state index is 12.5. The topological polar surface area (TPSA) is 44.8 Å². The van der Waals surface area contributed by atoms with Crippen LogP contribution < -0.4 is 15.0 Å². The minimum absolute atomic E-state index is 0.0173. The van der Waals surface area contributed by atoms with Crippen molar-refractivity contribution in [2.75, 3.05) is 45.2 Å². The van der Waals surface area contributed by atoms with Gasteiger partial charge in [0, 0.05) is 36.1 Å². The highest BCUT2D eigenvalue weighted by Gasteiger charge is 2.22. The van der Waals surface area contributed by atoms with E-state index in [4.69, 9.17) is 4.74 Å². The molecular weight excluding hydrogens is 346 g/mol. The second kappa shape index (κ2) is 9.16. The molecule has 0 saturated carbocycles. The van der Waals surface area contributed by atoms with E-state index in [0.717, 1.165) is 43.9 Å². The summed E-state index contributed by atoms with van der Waals surface area (Å²) in [4.78, 5) is 17.7. The quantitative estimate of drug-likeness (QED) is 0.810. The molecule has 1 N–H and O–H groups in total. The first kappa shape index (κ1) is 18.9. The molecule has 1 fully saturated rings. The van der Waals surface area contributed by atoms with E-state index in [0.29, 0.717) is 6.54 Å². The van der Waals surface area contributed by atoms with Crippen molar-refractivity contribution in [3.05, 3.63) is 46.7 Å². The zero-order chi connectivity index (χ0) is 18.4. The van der Waals surface area contributed by atoms with Gasteiger partial charge in [0.15, 0.2) is 0 Å². The van der Waals surface area contributed by atoms with Crippen LogP contribution in [0.5, 0.6) is 5.75 Å². The average Bonchev–Trinajstić information content (AvgIpc) is 3.11. The molecule has 140 valence electrons. The van der Waals surface area contributed by atoms with Gasteiger partial charge < -0.3 is 15.0 Å². The third-order valence-corrected chi connectivity index (χ3v) is 5.52. The third-order valence-electron chi connectivity index (χ3n) is 4.55. The maximum Gasteiger partial charge on any atom is 0.241 e. The number of anilines is 1. The molecule has 5 nitrogen and oxygen atoms in total. The number of amides is 1. The first-order valence-corrected chi connectivity index (χ1v) is 9.99. The van der Waals surface area contributed by atoms with Gasteiger partial charge in [-0.15, -0.1) is 11.3 Å². The molecule has 1 aliphatic heterocycles. The summed E-state index contributed by atoms with van der Waals surface area (Å²) in [5, 5.41) is 5.27. The number of hydrogen-bond acceptors (Lipinski definition) is 5. The Balaban J connectivity index is 1.76. The fraction of sp³-hybridized carbons (Fsp3) is 0.450. The molecule has 6 heteroatoms. The highest BCUT2D eigenvalue weighted by atomic mass is 32.1. The van der Waals surface area contributed by atoms with Gasteiger partial charge in [-0.05, 0) is 50.6 Å². The van der Waals surface area contributed by atoms with Crippen molar-refractivity contribution in [2.24, 2.45) is 0 Å². The number of nitrogens with one attached hydrogen (secondary N) is 1. The summed E-state index contributed by atoms with van der Waals surface area (Å²) in [6.07, 6.45) is 1.89. The highest BCUT2D eigenvalue weighted by molar-refractivity contribution is 7.10. The smallest absolute Gasteiger partial charge is 0.241 e. The van der Waals surface area contributed by atoms with Gasteiger partial charge in [0.05, 0.1) is 6.54 Å². The fourth-order valence-corrected chi connectivity index (χ4v) is 3.98. The molecule has 1 atom stereocenters. The molecule has 2 aromatic rings. The molecular formula is C20H27N3O2S. The van der Waals surface area contributed by atoms with E-state index in [9.17, 15) is 4.79 Å². The summed E-state index contributed by atoms with van der Waals surface area (Å²) >= 11 is 1.71. The normalized spacial score (nSPS) is 17.2. The van der Waals surface area contributed by atoms with Crippen molar-refractivity contribution >= 4 is 22.9 Å². The summed E-state index contributed by atoms with van der Waals surface area (Å²) in [6.45, 7) is 3.05. The van der Waals surface area contributed by atoms with Crippen molar-refractivity contribution in [3.8, 4) is 5.75 Å². The number of benzene rings is 1. The molecule has 1 amide bonds. The van der Waals surface area contributed by atoms with E-state index in [1.165, 1.54) is 4.88 Å². The van der Waals surface area contributed by atoms with Gasteiger partial charge in [-0.25, -0.2) is 0 Å². The van der Waals surface area contributed by atoms with Crippen LogP contribution in [0.25, 0.3) is 0 Å². The Hall–Kier alpha value is -1.89. The maximum absolute atomic E-state index is 12.5. The van der Waals surface area contributed by atoms with E-state index < -0.39 is 0 Å². The molecule has 0 radical (unpaired) electrons. The van der Waals surface area contributed by atoms with Gasteiger partial charge in [-0.3, -0.25) is 9.69 Å². The van der Waals surface area contributed by atoms with Crippen LogP contribution in [0.1, 0.15) is 23.8 Å². The van der Waals surface area contributed by atoms with Gasteiger partial charge in [-0.1, -0.05) is 12.1 Å². The minimum Gasteiger partial charge on any atom is -0.485 e. The monoisotopic (exact) mass is 373 g/mol. The van der Waals surface area contributed by atoms with E-state index in [-0.39, 0.29) is 12.0 Å². The predicted octanol–water partition coefficient (Wildman–Crippen LogP) is 3.15. The molecule has 26 heavy (non-hydrogen) atoms. The molecule has 1 aliphatic rings. The lowest BCUT2D eigenvalue weighted by Crippen LogP contribution is -2.35. The first-order chi connectivity index (χ1) is 12.7. The third kappa shape index (κ3) is 4.84. The molecule has 3 rings (SSSR count). The van der Waals surface area contributed by atoms with Gasteiger partial charge in [-0.2, -0.15) is 0 Å². The number of hydrogen-bond donors (Lipinski definition) is 1. The van der Waals surface area contributed by atoms with Gasteiger partial charge in [0.25, 0.3) is 0 Å². The number of likely N-dealkylation sites (N-methyl/N-ethyl adjacent to an activating group) is 1. The van der Waals surface area contributed by atoms with Crippen LogP contribution in [0.3, 0.4) is 0 Å². The molecule has 0 spiro atoms. The SMILES string of the molecule is CNCCC(Oc1cccc(N2CCCN(C)CC2=O)c1)c1cccs1. The second-order valence-corrected chi connectivity index (χ2v) is 7.63. The van der Waals surface area contributed by atoms with Crippen LogP contribution in [0, 0.1) is 0 Å². The van der Waals surface area contributed by atoms with E-state index in [2.05, 4.69) is 27.7 Å². The summed E-state index contributed by atoms with van der Waals surface area (Å²) in [5.41, 5.74) is 0.918. The number of ether oxygens (including phenoxy) is 1. The number of carbonyl (C=O) groups is 1. The lowest BCUT2D eigenvalue weighted by Gasteiger charge is -2.23. The van der Waals surface area contributed by atoms with Crippen molar-refractivity contribution in [3.63, 3.8) is 0 Å². The van der Waals surface area contributed by atoms with Gasteiger partial charge in [0.1, 0.15) is 11.9 Å². The zero-order valence-corrected chi connectivity index (χ0v) is 16.3. The average molecular weight is 374 g/mol. The Morgan fingerprint density at radius 3 is 2.92 bits per heavy atom. The molecule has 1 aromatic heterocycles. The van der Waals surface area contributed by atoms with Crippen LogP contribution >= 0.6 is 11.3 Å². The van der Waals surface area contributed by atoms with Crippen LogP contribution in [0.4, 0.5) is 5.69 Å². The predicted molar refractivity (Wildman–Crippen MR) is 107 cm³/mol. The first-order valence-electron chi connectivity index (χ1n) is 9.11. The molecule has 1 unspecified atom stereocenters. The van der Waals surface area contributed by atoms with Crippen molar-refractivity contribution in [1.29, 1.82) is 0 Å². The Labute approximate surface area is 159 Å². The molecule has 2 heterocycles. The Morgan fingerprint density at radius 2 is 2.15 bits per heavy atom. The Kier molecular flexibility index (Phi) is 6.66. The summed E-state index contributed by atoms with van der Waals surface area (Å²) in [5.74, 6) is 0.953. The lowest BCUT2D eigenvalue weighted by atomic mass is 10.2. The number of nitrogens with zero attached hydrogens (tertiary/aromatic N) is 2. The van der Waals surface area contributed by atoms with E-state index in [1.807, 2.05) is 43.3 Å². The van der Waals surface area contributed by atoms with Gasteiger partial charge in [0.2, 0.25) is 5.91 Å². The van der Waals surface area contributed by atoms with Gasteiger partial charge >= 0.3 is 0 Å². The van der Waals surface area contributed by atoms with E-state index in [1.54, 1.807) is 11.3 Å². The molecule has 1 aromatic carbocycles. The van der Waals surface area contributed by atoms with Crippen molar-refractivity contribution < 1.29 is 9.53 Å². The number of thiophene rings is 1. The van der Waals surface area contributed by atoms with Crippen molar-refractivity contribution in [1.82, 2.24) is 10.2 Å². The zero-order valence-electron chi connectivity index (χ0n) is 15.5. The molecule has 1 saturated heterocycles. The lowest BCUT2D eigenvalue weighted by molar-refractivity contribution is -0.118. The van der Waals surface area contributed by atoms with Crippen LogP contribution in [-0.4, -0.2) is 51.1 Å². The minimum atomic E-state index is 0.0173. The highest BCUT2D eigenvalue weighted by Crippen LogP contribution is 2.30. The van der Waals surface area contributed by atoms with Crippen LogP contribution in [-0.2, 0) is 4.79 Å². The van der Waals surface area contributed by atoms with Crippen LogP contribution in [0.15, 0.2) is 41.8 Å². The fourth-order valence-electron chi connectivity index (χ4n) is 3.19. The largest absolute Gasteiger partial charge is 0.485 e. The second-order valence-electron chi connectivity index (χ2n) is 6.65. The standard InChI is InChI=1S/C20H27N3O2S/c1-21-10-9-18(19-8-4-13-26-19)25-17-7-3-6-16(14-17)23-12-5-11-22(2)15-20(23)24/h3-4,6-8,13-14,18,21H,5,9-12,15H2,1-2H3. The number of rotatable bonds is 7. The Bertz CT molecular complexity index is 705.